The highest BCUT2D eigenvalue weighted by atomic mass is 16.5. The van der Waals surface area contributed by atoms with Gasteiger partial charge >= 0.3 is 0 Å². The molecule has 0 radical (unpaired) electrons. The Morgan fingerprint density at radius 1 is 1.39 bits per heavy atom. The molecule has 0 aliphatic rings. The average Bonchev–Trinajstić information content (AvgIpc) is 2.27. The summed E-state index contributed by atoms with van der Waals surface area (Å²) in [5, 5.41) is 11.6. The number of aliphatic hydroxyl groups is 1. The topological polar surface area (TPSA) is 84.6 Å². The van der Waals surface area contributed by atoms with Gasteiger partial charge in [-0.15, -0.1) is 0 Å². The van der Waals surface area contributed by atoms with Gasteiger partial charge in [-0.05, 0) is 44.5 Å². The standard InChI is InChI=1S/C13H20N2O3/c1-13(2,7-8-16)15-12(17)9-18-11-5-3-10(14)4-6-11/h3-6,16H,7-9,14H2,1-2H3,(H,15,17). The number of benzene rings is 1. The average molecular weight is 252 g/mol. The van der Waals surface area contributed by atoms with Gasteiger partial charge in [-0.1, -0.05) is 0 Å². The van der Waals surface area contributed by atoms with Crippen molar-refractivity contribution in [2.75, 3.05) is 18.9 Å². The van der Waals surface area contributed by atoms with Gasteiger partial charge in [0, 0.05) is 17.8 Å². The van der Waals surface area contributed by atoms with Crippen molar-refractivity contribution in [3.8, 4) is 5.75 Å². The first-order valence-electron chi connectivity index (χ1n) is 5.83. The molecule has 0 saturated heterocycles. The fourth-order valence-corrected chi connectivity index (χ4v) is 1.47. The van der Waals surface area contributed by atoms with E-state index < -0.39 is 5.54 Å². The second-order valence-electron chi connectivity index (χ2n) is 4.76. The molecule has 18 heavy (non-hydrogen) atoms. The Bertz CT molecular complexity index is 388. The van der Waals surface area contributed by atoms with Gasteiger partial charge in [-0.25, -0.2) is 0 Å². The van der Waals surface area contributed by atoms with E-state index >= 15 is 0 Å². The molecule has 0 aliphatic heterocycles. The van der Waals surface area contributed by atoms with E-state index in [-0.39, 0.29) is 19.1 Å². The number of carbonyl (C=O) groups excluding carboxylic acids is 1. The van der Waals surface area contributed by atoms with Crippen molar-refractivity contribution in [2.24, 2.45) is 0 Å². The zero-order valence-electron chi connectivity index (χ0n) is 10.8. The van der Waals surface area contributed by atoms with Crippen molar-refractivity contribution in [3.63, 3.8) is 0 Å². The lowest BCUT2D eigenvalue weighted by atomic mass is 10.0. The summed E-state index contributed by atoms with van der Waals surface area (Å²) >= 11 is 0. The van der Waals surface area contributed by atoms with Crippen LogP contribution >= 0.6 is 0 Å². The first-order valence-corrected chi connectivity index (χ1v) is 5.83. The zero-order chi connectivity index (χ0) is 13.6. The molecule has 1 amide bonds. The van der Waals surface area contributed by atoms with Crippen LogP contribution in [0.25, 0.3) is 0 Å². The van der Waals surface area contributed by atoms with Crippen LogP contribution in [0.15, 0.2) is 24.3 Å². The van der Waals surface area contributed by atoms with E-state index in [1.54, 1.807) is 24.3 Å². The van der Waals surface area contributed by atoms with Crippen LogP contribution in [0.1, 0.15) is 20.3 Å². The van der Waals surface area contributed by atoms with Gasteiger partial charge in [-0.2, -0.15) is 0 Å². The number of amides is 1. The van der Waals surface area contributed by atoms with Crippen LogP contribution in [0.3, 0.4) is 0 Å². The van der Waals surface area contributed by atoms with Crippen LogP contribution < -0.4 is 15.8 Å². The van der Waals surface area contributed by atoms with Gasteiger partial charge in [0.1, 0.15) is 5.75 Å². The summed E-state index contributed by atoms with van der Waals surface area (Å²) in [5.41, 5.74) is 5.76. The van der Waals surface area contributed by atoms with Crippen molar-refractivity contribution in [2.45, 2.75) is 25.8 Å². The summed E-state index contributed by atoms with van der Waals surface area (Å²) < 4.78 is 5.32. The van der Waals surface area contributed by atoms with E-state index in [1.807, 2.05) is 13.8 Å². The lowest BCUT2D eigenvalue weighted by Gasteiger charge is -2.25. The maximum Gasteiger partial charge on any atom is 0.258 e. The van der Waals surface area contributed by atoms with Crippen LogP contribution in [0.5, 0.6) is 5.75 Å². The Morgan fingerprint density at radius 2 is 2.00 bits per heavy atom. The molecule has 0 aromatic heterocycles. The van der Waals surface area contributed by atoms with Crippen LogP contribution in [0.2, 0.25) is 0 Å². The highest BCUT2D eigenvalue weighted by Gasteiger charge is 2.19. The third kappa shape index (κ3) is 5.05. The fraction of sp³-hybridized carbons (Fsp3) is 0.462. The summed E-state index contributed by atoms with van der Waals surface area (Å²) in [6.45, 7) is 3.68. The number of anilines is 1. The van der Waals surface area contributed by atoms with Crippen LogP contribution in [0.4, 0.5) is 5.69 Å². The van der Waals surface area contributed by atoms with Crippen molar-refractivity contribution >= 4 is 11.6 Å². The van der Waals surface area contributed by atoms with Crippen molar-refractivity contribution < 1.29 is 14.6 Å². The van der Waals surface area contributed by atoms with Gasteiger partial charge in [0.05, 0.1) is 0 Å². The Kier molecular flexibility index (Phi) is 4.97. The van der Waals surface area contributed by atoms with Gasteiger partial charge in [0.2, 0.25) is 0 Å². The molecule has 100 valence electrons. The Balaban J connectivity index is 2.39. The van der Waals surface area contributed by atoms with Crippen LogP contribution in [-0.2, 0) is 4.79 Å². The van der Waals surface area contributed by atoms with E-state index in [1.165, 1.54) is 0 Å². The first kappa shape index (κ1) is 14.3. The molecule has 5 heteroatoms. The van der Waals surface area contributed by atoms with Crippen LogP contribution in [0, 0.1) is 0 Å². The predicted octanol–water partition coefficient (Wildman–Crippen LogP) is 0.925. The number of ether oxygens (including phenoxy) is 1. The number of nitrogens with two attached hydrogens (primary N) is 1. The minimum absolute atomic E-state index is 0.0338. The number of nitrogens with one attached hydrogen (secondary N) is 1. The molecule has 0 fully saturated rings. The van der Waals surface area contributed by atoms with E-state index in [9.17, 15) is 4.79 Å². The van der Waals surface area contributed by atoms with E-state index in [0.717, 1.165) is 0 Å². The number of rotatable bonds is 6. The first-order chi connectivity index (χ1) is 8.43. The van der Waals surface area contributed by atoms with Gasteiger partial charge in [-0.3, -0.25) is 4.79 Å². The monoisotopic (exact) mass is 252 g/mol. The van der Waals surface area contributed by atoms with Crippen molar-refractivity contribution in [3.05, 3.63) is 24.3 Å². The van der Waals surface area contributed by atoms with E-state index in [4.69, 9.17) is 15.6 Å². The molecule has 0 heterocycles. The minimum atomic E-state index is -0.434. The molecular weight excluding hydrogens is 232 g/mol. The highest BCUT2D eigenvalue weighted by molar-refractivity contribution is 5.78. The molecule has 5 nitrogen and oxygen atoms in total. The fourth-order valence-electron chi connectivity index (χ4n) is 1.47. The molecular formula is C13H20N2O3. The summed E-state index contributed by atoms with van der Waals surface area (Å²) in [6.07, 6.45) is 0.501. The summed E-state index contributed by atoms with van der Waals surface area (Å²) in [7, 11) is 0. The molecule has 0 unspecified atom stereocenters. The predicted molar refractivity (Wildman–Crippen MR) is 70.3 cm³/mol. The molecule has 0 bridgehead atoms. The molecule has 1 aromatic rings. The maximum atomic E-state index is 11.6. The lowest BCUT2D eigenvalue weighted by Crippen LogP contribution is -2.46. The third-order valence-corrected chi connectivity index (χ3v) is 2.46. The molecule has 0 atom stereocenters. The number of aliphatic hydroxyl groups excluding tert-OH is 1. The van der Waals surface area contributed by atoms with E-state index in [0.29, 0.717) is 17.9 Å². The molecule has 1 aromatic carbocycles. The van der Waals surface area contributed by atoms with Crippen molar-refractivity contribution in [1.29, 1.82) is 0 Å². The van der Waals surface area contributed by atoms with E-state index in [2.05, 4.69) is 5.32 Å². The lowest BCUT2D eigenvalue weighted by molar-refractivity contribution is -0.124. The van der Waals surface area contributed by atoms with Crippen LogP contribution in [-0.4, -0.2) is 29.8 Å². The zero-order valence-corrected chi connectivity index (χ0v) is 10.8. The molecule has 0 spiro atoms. The van der Waals surface area contributed by atoms with Crippen molar-refractivity contribution in [1.82, 2.24) is 5.32 Å². The third-order valence-electron chi connectivity index (χ3n) is 2.46. The molecule has 0 saturated carbocycles. The normalized spacial score (nSPS) is 11.1. The second kappa shape index (κ2) is 6.26. The molecule has 0 aliphatic carbocycles. The largest absolute Gasteiger partial charge is 0.484 e. The molecule has 4 N–H and O–H groups in total. The quantitative estimate of drug-likeness (QED) is 0.657. The SMILES string of the molecule is CC(C)(CCO)NC(=O)COc1ccc(N)cc1. The Labute approximate surface area is 107 Å². The molecule has 1 rings (SSSR count). The Morgan fingerprint density at radius 3 is 2.56 bits per heavy atom. The number of carbonyl (C=O) groups is 1. The summed E-state index contributed by atoms with van der Waals surface area (Å²) in [6, 6.07) is 6.84. The Hall–Kier alpha value is -1.75. The second-order valence-corrected chi connectivity index (χ2v) is 4.76. The van der Waals surface area contributed by atoms with Gasteiger partial charge < -0.3 is 20.9 Å². The maximum absolute atomic E-state index is 11.6. The number of nitrogen functional groups attached to an aromatic ring is 1. The highest BCUT2D eigenvalue weighted by Crippen LogP contribution is 2.13. The number of hydrogen-bond acceptors (Lipinski definition) is 4. The summed E-state index contributed by atoms with van der Waals surface area (Å²) in [4.78, 5) is 11.6. The number of hydrogen-bond donors (Lipinski definition) is 3. The van der Waals surface area contributed by atoms with Gasteiger partial charge in [0.15, 0.2) is 6.61 Å². The summed E-state index contributed by atoms with van der Waals surface area (Å²) in [5.74, 6) is 0.379. The minimum Gasteiger partial charge on any atom is -0.484 e. The van der Waals surface area contributed by atoms with Gasteiger partial charge in [0.25, 0.3) is 5.91 Å². The smallest absolute Gasteiger partial charge is 0.258 e.